The van der Waals surface area contributed by atoms with Crippen molar-refractivity contribution in [2.24, 2.45) is 0 Å². The Labute approximate surface area is 161 Å². The van der Waals surface area contributed by atoms with Crippen molar-refractivity contribution in [3.8, 4) is 17.2 Å². The first kappa shape index (κ1) is 20.6. The molecule has 0 aromatic heterocycles. The number of benzene rings is 2. The van der Waals surface area contributed by atoms with Gasteiger partial charge in [-0.2, -0.15) is 0 Å². The number of para-hydroxylation sites is 1. The zero-order valence-corrected chi connectivity index (χ0v) is 16.4. The molecule has 0 saturated heterocycles. The van der Waals surface area contributed by atoms with E-state index < -0.39 is 0 Å². The second-order valence-corrected chi connectivity index (χ2v) is 6.56. The van der Waals surface area contributed by atoms with Crippen LogP contribution in [0.3, 0.4) is 0 Å². The molecule has 2 aromatic rings. The van der Waals surface area contributed by atoms with Crippen LogP contribution in [0.2, 0.25) is 0 Å². The summed E-state index contributed by atoms with van der Waals surface area (Å²) in [5, 5.41) is 9.89. The van der Waals surface area contributed by atoms with Gasteiger partial charge in [-0.25, -0.2) is 0 Å². The van der Waals surface area contributed by atoms with Gasteiger partial charge in [-0.05, 0) is 30.7 Å². The number of carbonyl (C=O) groups is 1. The van der Waals surface area contributed by atoms with Crippen molar-refractivity contribution in [3.05, 3.63) is 53.6 Å². The summed E-state index contributed by atoms with van der Waals surface area (Å²) >= 11 is 0. The summed E-state index contributed by atoms with van der Waals surface area (Å²) in [5.41, 5.74) is 1.22. The van der Waals surface area contributed by atoms with E-state index in [-0.39, 0.29) is 11.7 Å². The molecular weight excluding hydrogens is 342 g/mol. The van der Waals surface area contributed by atoms with E-state index >= 15 is 0 Å². The molecule has 0 bridgehead atoms. The smallest absolute Gasteiger partial charge is 0.254 e. The highest BCUT2D eigenvalue weighted by Crippen LogP contribution is 2.29. The maximum atomic E-state index is 12.7. The number of methoxy groups -OCH3 is 1. The van der Waals surface area contributed by atoms with Gasteiger partial charge in [-0.15, -0.1) is 0 Å². The molecule has 1 N–H and O–H groups in total. The van der Waals surface area contributed by atoms with E-state index in [2.05, 4.69) is 6.92 Å². The first-order chi connectivity index (χ1) is 13.1. The molecule has 27 heavy (non-hydrogen) atoms. The van der Waals surface area contributed by atoms with Crippen molar-refractivity contribution >= 4 is 5.91 Å². The summed E-state index contributed by atoms with van der Waals surface area (Å²) in [6.07, 6.45) is 4.54. The van der Waals surface area contributed by atoms with Crippen LogP contribution in [0.1, 0.15) is 48.5 Å². The number of phenols is 1. The number of rotatable bonds is 10. The van der Waals surface area contributed by atoms with Gasteiger partial charge >= 0.3 is 0 Å². The highest BCUT2D eigenvalue weighted by molar-refractivity contribution is 5.94. The van der Waals surface area contributed by atoms with Gasteiger partial charge in [0.25, 0.3) is 5.91 Å². The van der Waals surface area contributed by atoms with Gasteiger partial charge in [0, 0.05) is 24.7 Å². The average molecular weight is 371 g/mol. The Bertz CT molecular complexity index is 745. The van der Waals surface area contributed by atoms with Crippen molar-refractivity contribution in [2.45, 2.75) is 39.2 Å². The Morgan fingerprint density at radius 3 is 2.56 bits per heavy atom. The number of hydrogen-bond acceptors (Lipinski definition) is 4. The normalized spacial score (nSPS) is 10.5. The average Bonchev–Trinajstić information content (AvgIpc) is 2.69. The Balaban J connectivity index is 2.02. The van der Waals surface area contributed by atoms with Gasteiger partial charge in [0.1, 0.15) is 5.75 Å². The van der Waals surface area contributed by atoms with Crippen LogP contribution in [0, 0.1) is 0 Å². The second-order valence-electron chi connectivity index (χ2n) is 6.56. The van der Waals surface area contributed by atoms with Crippen LogP contribution in [0.15, 0.2) is 42.5 Å². The fraction of sp³-hybridized carbons (Fsp3) is 0.409. The molecule has 0 fully saturated rings. The van der Waals surface area contributed by atoms with E-state index in [1.165, 1.54) is 12.8 Å². The van der Waals surface area contributed by atoms with Crippen molar-refractivity contribution in [3.63, 3.8) is 0 Å². The van der Waals surface area contributed by atoms with Crippen LogP contribution in [0.4, 0.5) is 0 Å². The Kier molecular flexibility index (Phi) is 7.99. The molecule has 0 aliphatic carbocycles. The molecule has 1 amide bonds. The van der Waals surface area contributed by atoms with E-state index in [1.807, 2.05) is 6.07 Å². The first-order valence-electron chi connectivity index (χ1n) is 9.40. The molecule has 0 aliphatic rings. The number of unbranched alkanes of at least 4 members (excludes halogenated alkanes) is 3. The van der Waals surface area contributed by atoms with Gasteiger partial charge < -0.3 is 19.5 Å². The summed E-state index contributed by atoms with van der Waals surface area (Å²) in [5.74, 6) is 1.23. The SMILES string of the molecule is CCCCCCOc1ccc(C(=O)N(C)Cc2ccccc2O)cc1OC. The minimum absolute atomic E-state index is 0.147. The van der Waals surface area contributed by atoms with E-state index in [0.29, 0.717) is 35.8 Å². The summed E-state index contributed by atoms with van der Waals surface area (Å²) < 4.78 is 11.2. The number of phenolic OH excluding ortho intramolecular Hbond substituents is 1. The van der Waals surface area contributed by atoms with Crippen LogP contribution in [0.25, 0.3) is 0 Å². The van der Waals surface area contributed by atoms with Crippen molar-refractivity contribution in [2.75, 3.05) is 20.8 Å². The third-order valence-electron chi connectivity index (χ3n) is 4.41. The van der Waals surface area contributed by atoms with Gasteiger partial charge in [-0.3, -0.25) is 4.79 Å². The molecule has 0 saturated carbocycles. The van der Waals surface area contributed by atoms with Crippen molar-refractivity contribution < 1.29 is 19.4 Å². The number of ether oxygens (including phenoxy) is 2. The van der Waals surface area contributed by atoms with Crippen LogP contribution in [0.5, 0.6) is 17.2 Å². The van der Waals surface area contributed by atoms with Crippen LogP contribution < -0.4 is 9.47 Å². The summed E-state index contributed by atoms with van der Waals surface area (Å²) in [6.45, 7) is 3.14. The Morgan fingerprint density at radius 1 is 1.07 bits per heavy atom. The molecule has 0 spiro atoms. The Hall–Kier alpha value is -2.69. The molecule has 2 aromatic carbocycles. The maximum absolute atomic E-state index is 12.7. The zero-order chi connectivity index (χ0) is 19.6. The first-order valence-corrected chi connectivity index (χ1v) is 9.40. The fourth-order valence-corrected chi connectivity index (χ4v) is 2.82. The molecule has 5 heteroatoms. The summed E-state index contributed by atoms with van der Waals surface area (Å²) in [7, 11) is 3.28. The number of hydrogen-bond donors (Lipinski definition) is 1. The topological polar surface area (TPSA) is 59.0 Å². The molecule has 0 aliphatic heterocycles. The van der Waals surface area contributed by atoms with Gasteiger partial charge in [0.15, 0.2) is 11.5 Å². The third-order valence-corrected chi connectivity index (χ3v) is 4.41. The minimum Gasteiger partial charge on any atom is -0.508 e. The second kappa shape index (κ2) is 10.5. The molecule has 0 atom stereocenters. The third kappa shape index (κ3) is 5.91. The molecule has 0 radical (unpaired) electrons. The van der Waals surface area contributed by atoms with Crippen molar-refractivity contribution in [1.29, 1.82) is 0 Å². The largest absolute Gasteiger partial charge is 0.508 e. The van der Waals surface area contributed by atoms with Gasteiger partial charge in [0.2, 0.25) is 0 Å². The Morgan fingerprint density at radius 2 is 1.85 bits per heavy atom. The lowest BCUT2D eigenvalue weighted by molar-refractivity contribution is 0.0784. The summed E-state index contributed by atoms with van der Waals surface area (Å²) in [4.78, 5) is 14.3. The predicted molar refractivity (Wildman–Crippen MR) is 107 cm³/mol. The highest BCUT2D eigenvalue weighted by Gasteiger charge is 2.16. The lowest BCUT2D eigenvalue weighted by Gasteiger charge is -2.19. The van der Waals surface area contributed by atoms with E-state index in [1.54, 1.807) is 55.5 Å². The van der Waals surface area contributed by atoms with Gasteiger partial charge in [0.05, 0.1) is 13.7 Å². The molecule has 5 nitrogen and oxygen atoms in total. The predicted octanol–water partition coefficient (Wildman–Crippen LogP) is 4.63. The van der Waals surface area contributed by atoms with E-state index in [4.69, 9.17) is 9.47 Å². The molecular formula is C22H29NO4. The van der Waals surface area contributed by atoms with Crippen LogP contribution in [-0.2, 0) is 6.54 Å². The standard InChI is InChI=1S/C22H29NO4/c1-4-5-6-9-14-27-20-13-12-17(15-21(20)26-3)22(25)23(2)16-18-10-7-8-11-19(18)24/h7-8,10-13,15,24H,4-6,9,14,16H2,1-3H3. The minimum atomic E-state index is -0.147. The van der Waals surface area contributed by atoms with E-state index in [9.17, 15) is 9.90 Å². The number of amides is 1. The molecule has 146 valence electrons. The lowest BCUT2D eigenvalue weighted by atomic mass is 10.1. The number of aromatic hydroxyl groups is 1. The van der Waals surface area contributed by atoms with Crippen LogP contribution in [-0.4, -0.2) is 36.7 Å². The monoisotopic (exact) mass is 371 g/mol. The highest BCUT2D eigenvalue weighted by atomic mass is 16.5. The lowest BCUT2D eigenvalue weighted by Crippen LogP contribution is -2.26. The van der Waals surface area contributed by atoms with E-state index in [0.717, 1.165) is 12.8 Å². The van der Waals surface area contributed by atoms with Gasteiger partial charge in [-0.1, -0.05) is 44.4 Å². The summed E-state index contributed by atoms with van der Waals surface area (Å²) in [6, 6.07) is 12.2. The zero-order valence-electron chi connectivity index (χ0n) is 16.4. The quantitative estimate of drug-likeness (QED) is 0.619. The molecule has 2 rings (SSSR count). The maximum Gasteiger partial charge on any atom is 0.254 e. The number of carbonyl (C=O) groups excluding carboxylic acids is 1. The molecule has 0 unspecified atom stereocenters. The van der Waals surface area contributed by atoms with Crippen LogP contribution >= 0.6 is 0 Å². The van der Waals surface area contributed by atoms with Crippen molar-refractivity contribution in [1.82, 2.24) is 4.90 Å². The molecule has 0 heterocycles. The fourth-order valence-electron chi connectivity index (χ4n) is 2.82. The number of nitrogens with zero attached hydrogens (tertiary/aromatic N) is 1.